The number of rotatable bonds is 5. The molecule has 2 rings (SSSR count). The number of likely N-dealkylation sites (tertiary alicyclic amines) is 1. The number of carbonyl (C=O) groups excluding carboxylic acids is 1. The fraction of sp³-hybridized carbons (Fsp3) is 0.611. The Balaban J connectivity index is 1.96. The largest absolute Gasteiger partial charge is 0.416 e. The van der Waals surface area contributed by atoms with E-state index < -0.39 is 11.7 Å². The average Bonchev–Trinajstić information content (AvgIpc) is 2.56. The maximum absolute atomic E-state index is 12.6. The second-order valence-electron chi connectivity index (χ2n) is 6.43. The van der Waals surface area contributed by atoms with Crippen LogP contribution >= 0.6 is 0 Å². The minimum Gasteiger partial charge on any atom is -0.343 e. The molecule has 0 aliphatic carbocycles. The van der Waals surface area contributed by atoms with Gasteiger partial charge >= 0.3 is 6.18 Å². The number of carbonyl (C=O) groups is 1. The van der Waals surface area contributed by atoms with Crippen molar-refractivity contribution in [2.24, 2.45) is 5.92 Å². The highest BCUT2D eigenvalue weighted by Crippen LogP contribution is 2.29. The first kappa shape index (κ1) is 18.8. The molecule has 1 aliphatic heterocycles. The minimum atomic E-state index is -4.29. The van der Waals surface area contributed by atoms with Gasteiger partial charge in [0.25, 0.3) is 0 Å². The smallest absolute Gasteiger partial charge is 0.343 e. The molecule has 1 aromatic carbocycles. The SMILES string of the molecule is CCN(CC)C(=O)[C@H]1CCC[NH+](Cc2ccc(C(F)(F)F)cc2)C1. The third-order valence-electron chi connectivity index (χ3n) is 4.78. The number of alkyl halides is 3. The van der Waals surface area contributed by atoms with Gasteiger partial charge in [-0.3, -0.25) is 4.79 Å². The minimum absolute atomic E-state index is 0.0306. The van der Waals surface area contributed by atoms with E-state index in [1.54, 1.807) is 12.1 Å². The second-order valence-corrected chi connectivity index (χ2v) is 6.43. The molecule has 1 N–H and O–H groups in total. The van der Waals surface area contributed by atoms with Crippen molar-refractivity contribution < 1.29 is 22.9 Å². The van der Waals surface area contributed by atoms with Crippen LogP contribution in [0.2, 0.25) is 0 Å². The summed E-state index contributed by atoms with van der Waals surface area (Å²) >= 11 is 0. The van der Waals surface area contributed by atoms with Crippen LogP contribution in [0.1, 0.15) is 37.8 Å². The van der Waals surface area contributed by atoms with Crippen molar-refractivity contribution >= 4 is 5.91 Å². The van der Waals surface area contributed by atoms with Crippen LogP contribution < -0.4 is 4.90 Å². The molecule has 0 radical (unpaired) electrons. The van der Waals surface area contributed by atoms with Crippen LogP contribution in [-0.4, -0.2) is 37.0 Å². The lowest BCUT2D eigenvalue weighted by atomic mass is 9.96. The summed E-state index contributed by atoms with van der Waals surface area (Å²) in [4.78, 5) is 15.6. The van der Waals surface area contributed by atoms with Gasteiger partial charge in [-0.15, -0.1) is 0 Å². The van der Waals surface area contributed by atoms with Gasteiger partial charge in [0, 0.05) is 18.7 Å². The molecule has 3 nitrogen and oxygen atoms in total. The van der Waals surface area contributed by atoms with Crippen LogP contribution in [0.5, 0.6) is 0 Å². The number of hydrogen-bond donors (Lipinski definition) is 1. The molecule has 134 valence electrons. The number of halogens is 3. The third kappa shape index (κ3) is 4.72. The fourth-order valence-electron chi connectivity index (χ4n) is 3.42. The Kier molecular flexibility index (Phi) is 6.27. The molecule has 0 spiro atoms. The van der Waals surface area contributed by atoms with Gasteiger partial charge in [0.2, 0.25) is 5.91 Å². The summed E-state index contributed by atoms with van der Waals surface area (Å²) in [5.74, 6) is 0.243. The first-order chi connectivity index (χ1) is 11.3. The lowest BCUT2D eigenvalue weighted by molar-refractivity contribution is -0.921. The predicted octanol–water partition coefficient (Wildman–Crippen LogP) is 2.37. The Morgan fingerprint density at radius 3 is 2.38 bits per heavy atom. The Morgan fingerprint density at radius 1 is 1.21 bits per heavy atom. The molecule has 2 atom stereocenters. The number of quaternary nitrogens is 1. The molecule has 0 bridgehead atoms. The van der Waals surface area contributed by atoms with Crippen LogP contribution in [-0.2, 0) is 17.5 Å². The molecular weight excluding hydrogens is 317 g/mol. The Hall–Kier alpha value is -1.56. The molecule has 1 fully saturated rings. The lowest BCUT2D eigenvalue weighted by Crippen LogP contribution is -3.12. The van der Waals surface area contributed by atoms with Crippen LogP contribution in [0.3, 0.4) is 0 Å². The lowest BCUT2D eigenvalue weighted by Gasteiger charge is -2.32. The highest BCUT2D eigenvalue weighted by molar-refractivity contribution is 5.78. The number of nitrogens with one attached hydrogen (secondary N) is 1. The van der Waals surface area contributed by atoms with Crippen molar-refractivity contribution in [2.75, 3.05) is 26.2 Å². The van der Waals surface area contributed by atoms with Crippen LogP contribution in [0.15, 0.2) is 24.3 Å². The maximum Gasteiger partial charge on any atom is 0.416 e. The van der Waals surface area contributed by atoms with Crippen molar-refractivity contribution in [3.8, 4) is 0 Å². The number of piperidine rings is 1. The van der Waals surface area contributed by atoms with E-state index in [-0.39, 0.29) is 11.8 Å². The van der Waals surface area contributed by atoms with Crippen LogP contribution in [0, 0.1) is 5.92 Å². The molecule has 1 unspecified atom stereocenters. The highest BCUT2D eigenvalue weighted by Gasteiger charge is 2.32. The number of amides is 1. The second kappa shape index (κ2) is 8.01. The zero-order chi connectivity index (χ0) is 17.7. The van der Waals surface area contributed by atoms with Crippen LogP contribution in [0.25, 0.3) is 0 Å². The van der Waals surface area contributed by atoms with E-state index in [0.717, 1.165) is 56.7 Å². The van der Waals surface area contributed by atoms with Gasteiger partial charge in [-0.2, -0.15) is 13.2 Å². The van der Waals surface area contributed by atoms with E-state index >= 15 is 0 Å². The monoisotopic (exact) mass is 343 g/mol. The van der Waals surface area contributed by atoms with E-state index in [4.69, 9.17) is 0 Å². The van der Waals surface area contributed by atoms with Gasteiger partial charge in [-0.1, -0.05) is 12.1 Å². The molecule has 1 saturated heterocycles. The van der Waals surface area contributed by atoms with E-state index in [1.165, 1.54) is 4.90 Å². The molecule has 6 heteroatoms. The number of hydrogen-bond acceptors (Lipinski definition) is 1. The van der Waals surface area contributed by atoms with Crippen molar-refractivity contribution in [3.05, 3.63) is 35.4 Å². The molecule has 0 aromatic heterocycles. The molecule has 1 heterocycles. The van der Waals surface area contributed by atoms with E-state index in [9.17, 15) is 18.0 Å². The number of benzene rings is 1. The predicted molar refractivity (Wildman–Crippen MR) is 86.5 cm³/mol. The summed E-state index contributed by atoms with van der Waals surface area (Å²) in [5, 5.41) is 0. The molecule has 24 heavy (non-hydrogen) atoms. The molecule has 1 amide bonds. The van der Waals surface area contributed by atoms with E-state index in [1.807, 2.05) is 18.7 Å². The van der Waals surface area contributed by atoms with Gasteiger partial charge in [0.05, 0.1) is 24.6 Å². The van der Waals surface area contributed by atoms with Gasteiger partial charge in [0.1, 0.15) is 6.54 Å². The van der Waals surface area contributed by atoms with Gasteiger partial charge in [-0.05, 0) is 38.8 Å². The summed E-state index contributed by atoms with van der Waals surface area (Å²) < 4.78 is 37.8. The van der Waals surface area contributed by atoms with Crippen molar-refractivity contribution in [1.29, 1.82) is 0 Å². The first-order valence-corrected chi connectivity index (χ1v) is 8.63. The Labute approximate surface area is 141 Å². The molecule has 0 saturated carbocycles. The summed E-state index contributed by atoms with van der Waals surface area (Å²) in [6.45, 7) is 7.80. The number of nitrogens with zero attached hydrogens (tertiary/aromatic N) is 1. The van der Waals surface area contributed by atoms with Crippen LogP contribution in [0.4, 0.5) is 13.2 Å². The van der Waals surface area contributed by atoms with E-state index in [0.29, 0.717) is 6.54 Å². The van der Waals surface area contributed by atoms with Gasteiger partial charge in [0.15, 0.2) is 0 Å². The van der Waals surface area contributed by atoms with Gasteiger partial charge < -0.3 is 9.80 Å². The molecular formula is C18H26F3N2O+. The quantitative estimate of drug-likeness (QED) is 0.872. The zero-order valence-electron chi connectivity index (χ0n) is 14.3. The third-order valence-corrected chi connectivity index (χ3v) is 4.78. The standard InChI is InChI=1S/C18H25F3N2O/c1-3-23(4-2)17(24)15-6-5-11-22(13-15)12-14-7-9-16(10-8-14)18(19,20)21/h7-10,15H,3-6,11-13H2,1-2H3/p+1/t15-/m0/s1. The maximum atomic E-state index is 12.6. The molecule has 1 aliphatic rings. The zero-order valence-corrected chi connectivity index (χ0v) is 14.3. The van der Waals surface area contributed by atoms with Crippen molar-refractivity contribution in [1.82, 2.24) is 4.90 Å². The summed E-state index contributed by atoms with van der Waals surface area (Å²) in [5.41, 5.74) is 0.267. The Bertz CT molecular complexity index is 538. The van der Waals surface area contributed by atoms with E-state index in [2.05, 4.69) is 0 Å². The van der Waals surface area contributed by atoms with Crippen molar-refractivity contribution in [2.45, 2.75) is 39.4 Å². The normalized spacial score (nSPS) is 21.5. The topological polar surface area (TPSA) is 24.8 Å². The fourth-order valence-corrected chi connectivity index (χ4v) is 3.42. The average molecular weight is 343 g/mol. The Morgan fingerprint density at radius 2 is 1.83 bits per heavy atom. The van der Waals surface area contributed by atoms with Crippen molar-refractivity contribution in [3.63, 3.8) is 0 Å². The van der Waals surface area contributed by atoms with Gasteiger partial charge in [-0.25, -0.2) is 0 Å². The summed E-state index contributed by atoms with van der Waals surface area (Å²) in [6, 6.07) is 5.37. The summed E-state index contributed by atoms with van der Waals surface area (Å²) in [6.07, 6.45) is -2.41. The first-order valence-electron chi connectivity index (χ1n) is 8.63. The molecule has 1 aromatic rings. The highest BCUT2D eigenvalue weighted by atomic mass is 19.4. The summed E-state index contributed by atoms with van der Waals surface area (Å²) in [7, 11) is 0.